The third-order valence-corrected chi connectivity index (χ3v) is 4.49. The van der Waals surface area contributed by atoms with E-state index in [1.54, 1.807) is 0 Å². The highest BCUT2D eigenvalue weighted by Gasteiger charge is 2.09. The molecule has 0 amide bonds. The molecule has 7 heteroatoms. The second-order valence-electron chi connectivity index (χ2n) is 6.46. The molecule has 148 valence electrons. The first-order chi connectivity index (χ1) is 12.2. The molecule has 0 aromatic heterocycles. The van der Waals surface area contributed by atoms with Crippen molar-refractivity contribution in [1.82, 2.24) is 20.4 Å². The summed E-state index contributed by atoms with van der Waals surface area (Å²) in [5, 5.41) is 6.79. The molecule has 0 saturated carbocycles. The van der Waals surface area contributed by atoms with Crippen LogP contribution in [0.2, 0.25) is 0 Å². The predicted molar refractivity (Wildman–Crippen MR) is 119 cm³/mol. The van der Waals surface area contributed by atoms with Gasteiger partial charge in [-0.25, -0.2) is 0 Å². The third-order valence-electron chi connectivity index (χ3n) is 4.49. The van der Waals surface area contributed by atoms with E-state index in [9.17, 15) is 0 Å². The third kappa shape index (κ3) is 8.66. The highest BCUT2D eigenvalue weighted by Crippen LogP contribution is 2.07. The van der Waals surface area contributed by atoms with Crippen LogP contribution < -0.4 is 10.6 Å². The molecule has 2 rings (SSSR count). The number of nitrogens with one attached hydrogen (secondary N) is 2. The van der Waals surface area contributed by atoms with E-state index in [4.69, 9.17) is 4.74 Å². The normalized spacial score (nSPS) is 15.6. The lowest BCUT2D eigenvalue weighted by molar-refractivity contribution is 0.0389. The molecule has 1 aromatic rings. The molecule has 2 N–H and O–H groups in total. The lowest BCUT2D eigenvalue weighted by Gasteiger charge is -2.26. The molecule has 1 saturated heterocycles. The van der Waals surface area contributed by atoms with Gasteiger partial charge in [-0.3, -0.25) is 9.89 Å². The van der Waals surface area contributed by atoms with Crippen molar-refractivity contribution in [2.75, 3.05) is 60.0 Å². The Hall–Kier alpha value is -0.900. The lowest BCUT2D eigenvalue weighted by atomic mass is 10.1. The van der Waals surface area contributed by atoms with Gasteiger partial charge in [-0.05, 0) is 24.7 Å². The van der Waals surface area contributed by atoms with E-state index in [-0.39, 0.29) is 24.0 Å². The van der Waals surface area contributed by atoms with Gasteiger partial charge in [0.15, 0.2) is 5.96 Å². The summed E-state index contributed by atoms with van der Waals surface area (Å²) in [6, 6.07) is 8.74. The lowest BCUT2D eigenvalue weighted by Crippen LogP contribution is -2.44. The first-order valence-electron chi connectivity index (χ1n) is 9.22. The molecule has 0 aliphatic carbocycles. The zero-order chi connectivity index (χ0) is 17.9. The molecule has 0 radical (unpaired) electrons. The molecular weight excluding hydrogens is 441 g/mol. The SMILES string of the molecule is CCN(C)Cc1cccc(CNC(=NC)NCCN2CCOCC2)c1.I. The Labute approximate surface area is 175 Å². The van der Waals surface area contributed by atoms with E-state index in [0.29, 0.717) is 0 Å². The van der Waals surface area contributed by atoms with Crippen LogP contribution in [0.15, 0.2) is 29.3 Å². The van der Waals surface area contributed by atoms with Gasteiger partial charge in [-0.1, -0.05) is 31.2 Å². The van der Waals surface area contributed by atoms with E-state index in [1.165, 1.54) is 11.1 Å². The van der Waals surface area contributed by atoms with Crippen LogP contribution in [0.5, 0.6) is 0 Å². The van der Waals surface area contributed by atoms with Crippen molar-refractivity contribution in [3.05, 3.63) is 35.4 Å². The van der Waals surface area contributed by atoms with Crippen molar-refractivity contribution >= 4 is 29.9 Å². The molecule has 0 atom stereocenters. The topological polar surface area (TPSA) is 52.1 Å². The van der Waals surface area contributed by atoms with Crippen LogP contribution in [0.1, 0.15) is 18.1 Å². The van der Waals surface area contributed by atoms with Crippen LogP contribution in [-0.2, 0) is 17.8 Å². The van der Waals surface area contributed by atoms with Crippen molar-refractivity contribution < 1.29 is 4.74 Å². The zero-order valence-electron chi connectivity index (χ0n) is 16.3. The zero-order valence-corrected chi connectivity index (χ0v) is 18.7. The highest BCUT2D eigenvalue weighted by molar-refractivity contribution is 14.0. The molecule has 26 heavy (non-hydrogen) atoms. The molecular formula is C19H34IN5O. The van der Waals surface area contributed by atoms with Crippen LogP contribution in [0, 0.1) is 0 Å². The van der Waals surface area contributed by atoms with Crippen molar-refractivity contribution in [2.45, 2.75) is 20.0 Å². The number of hydrogen-bond donors (Lipinski definition) is 2. The standard InChI is InChI=1S/C19H33N5O.HI/c1-4-23(3)16-18-7-5-6-17(14-18)15-22-19(20-2)21-8-9-24-10-12-25-13-11-24;/h5-7,14H,4,8-13,15-16H2,1-3H3,(H2,20,21,22);1H. The van der Waals surface area contributed by atoms with Crippen molar-refractivity contribution in [1.29, 1.82) is 0 Å². The molecule has 1 aliphatic rings. The Morgan fingerprint density at radius 1 is 1.23 bits per heavy atom. The average molecular weight is 475 g/mol. The summed E-state index contributed by atoms with van der Waals surface area (Å²) in [5.74, 6) is 0.851. The number of rotatable bonds is 8. The number of guanidine groups is 1. The number of morpholine rings is 1. The molecule has 1 aromatic carbocycles. The first-order valence-corrected chi connectivity index (χ1v) is 9.22. The van der Waals surface area contributed by atoms with Gasteiger partial charge in [0.1, 0.15) is 0 Å². The quantitative estimate of drug-likeness (QED) is 0.341. The fraction of sp³-hybridized carbons (Fsp3) is 0.632. The number of ether oxygens (including phenoxy) is 1. The number of benzene rings is 1. The maximum atomic E-state index is 5.38. The first kappa shape index (κ1) is 23.1. The fourth-order valence-corrected chi connectivity index (χ4v) is 2.83. The molecule has 1 heterocycles. The maximum absolute atomic E-state index is 5.38. The highest BCUT2D eigenvalue weighted by atomic mass is 127. The monoisotopic (exact) mass is 475 g/mol. The minimum atomic E-state index is 0. The van der Waals surface area contributed by atoms with Crippen molar-refractivity contribution in [3.8, 4) is 0 Å². The molecule has 1 fully saturated rings. The number of hydrogen-bond acceptors (Lipinski definition) is 4. The summed E-state index contributed by atoms with van der Waals surface area (Å²) in [7, 11) is 3.96. The van der Waals surface area contributed by atoms with Crippen LogP contribution >= 0.6 is 24.0 Å². The molecule has 1 aliphatic heterocycles. The van der Waals surface area contributed by atoms with Crippen molar-refractivity contribution in [2.24, 2.45) is 4.99 Å². The van der Waals surface area contributed by atoms with Gasteiger partial charge >= 0.3 is 0 Å². The Bertz CT molecular complexity index is 534. The van der Waals surface area contributed by atoms with Gasteiger partial charge in [0.25, 0.3) is 0 Å². The van der Waals surface area contributed by atoms with E-state index in [0.717, 1.165) is 65.0 Å². The van der Waals surface area contributed by atoms with Gasteiger partial charge in [0.05, 0.1) is 13.2 Å². The predicted octanol–water partition coefficient (Wildman–Crippen LogP) is 1.75. The summed E-state index contributed by atoms with van der Waals surface area (Å²) in [4.78, 5) is 9.03. The summed E-state index contributed by atoms with van der Waals surface area (Å²) >= 11 is 0. The van der Waals surface area contributed by atoms with E-state index in [2.05, 4.69) is 63.7 Å². The number of nitrogens with zero attached hydrogens (tertiary/aromatic N) is 3. The van der Waals surface area contributed by atoms with Gasteiger partial charge in [-0.2, -0.15) is 0 Å². The second-order valence-corrected chi connectivity index (χ2v) is 6.46. The smallest absolute Gasteiger partial charge is 0.191 e. The summed E-state index contributed by atoms with van der Waals surface area (Å²) in [6.45, 7) is 10.6. The molecule has 0 spiro atoms. The van der Waals surface area contributed by atoms with Crippen LogP contribution in [-0.4, -0.2) is 75.8 Å². The number of aliphatic imine (C=N–C) groups is 1. The van der Waals surface area contributed by atoms with E-state index >= 15 is 0 Å². The maximum Gasteiger partial charge on any atom is 0.191 e. The summed E-state index contributed by atoms with van der Waals surface area (Å²) in [6.07, 6.45) is 0. The van der Waals surface area contributed by atoms with Crippen LogP contribution in [0.25, 0.3) is 0 Å². The Kier molecular flexibility index (Phi) is 11.8. The minimum absolute atomic E-state index is 0. The fourth-order valence-electron chi connectivity index (χ4n) is 2.83. The van der Waals surface area contributed by atoms with Gasteiger partial charge in [0, 0.05) is 46.3 Å². The Morgan fingerprint density at radius 2 is 1.96 bits per heavy atom. The van der Waals surface area contributed by atoms with Gasteiger partial charge in [-0.15, -0.1) is 24.0 Å². The van der Waals surface area contributed by atoms with E-state index < -0.39 is 0 Å². The molecule has 0 unspecified atom stereocenters. The van der Waals surface area contributed by atoms with Crippen molar-refractivity contribution in [3.63, 3.8) is 0 Å². The molecule has 0 bridgehead atoms. The second kappa shape index (κ2) is 13.3. The molecule has 6 nitrogen and oxygen atoms in total. The summed E-state index contributed by atoms with van der Waals surface area (Å²) in [5.41, 5.74) is 2.62. The minimum Gasteiger partial charge on any atom is -0.379 e. The van der Waals surface area contributed by atoms with Crippen LogP contribution in [0.3, 0.4) is 0 Å². The summed E-state index contributed by atoms with van der Waals surface area (Å²) < 4.78 is 5.38. The van der Waals surface area contributed by atoms with Gasteiger partial charge in [0.2, 0.25) is 0 Å². The Morgan fingerprint density at radius 3 is 2.65 bits per heavy atom. The largest absolute Gasteiger partial charge is 0.379 e. The number of halogens is 1. The van der Waals surface area contributed by atoms with E-state index in [1.807, 2.05) is 7.05 Å². The average Bonchev–Trinajstić information content (AvgIpc) is 2.65. The van der Waals surface area contributed by atoms with Crippen LogP contribution in [0.4, 0.5) is 0 Å². The van der Waals surface area contributed by atoms with Gasteiger partial charge < -0.3 is 20.3 Å². The Balaban J connectivity index is 0.00000338.